The average molecular weight is 462 g/mol. The number of carbonyl (C=O) groups excluding carboxylic acids is 1. The minimum absolute atomic E-state index is 0.0923. The first kappa shape index (κ1) is 24.2. The smallest absolute Gasteiger partial charge is 0.328 e. The summed E-state index contributed by atoms with van der Waals surface area (Å²) in [6, 6.07) is 6.91. The van der Waals surface area contributed by atoms with Gasteiger partial charge in [0, 0.05) is 43.9 Å². The molecule has 1 amide bonds. The van der Waals surface area contributed by atoms with Crippen molar-refractivity contribution in [2.45, 2.75) is 38.4 Å². The van der Waals surface area contributed by atoms with Crippen LogP contribution in [0.2, 0.25) is 0 Å². The molecule has 2 unspecified atom stereocenters. The molecule has 7 nitrogen and oxygen atoms in total. The Morgan fingerprint density at radius 3 is 2.58 bits per heavy atom. The molecule has 1 heterocycles. The van der Waals surface area contributed by atoms with Crippen LogP contribution in [0.3, 0.4) is 0 Å². The molecule has 33 heavy (non-hydrogen) atoms. The van der Waals surface area contributed by atoms with Gasteiger partial charge in [-0.25, -0.2) is 18.0 Å². The van der Waals surface area contributed by atoms with Gasteiger partial charge in [0.1, 0.15) is 11.9 Å². The van der Waals surface area contributed by atoms with Crippen LogP contribution in [0.4, 0.5) is 18.9 Å². The predicted molar refractivity (Wildman–Crippen MR) is 117 cm³/mol. The Kier molecular flexibility index (Phi) is 7.70. The number of hydrogen-bond donors (Lipinski definition) is 2. The first-order valence-corrected chi connectivity index (χ1v) is 10.4. The number of para-hydroxylation sites is 1. The normalized spacial score (nSPS) is 15.8. The number of nitrogens with zero attached hydrogens (tertiary/aromatic N) is 3. The zero-order valence-corrected chi connectivity index (χ0v) is 18.0. The number of carbonyl (C=O) groups is 2. The monoisotopic (exact) mass is 462 g/mol. The fourth-order valence-electron chi connectivity index (χ4n) is 3.56. The molecule has 1 aliphatic heterocycles. The lowest BCUT2D eigenvalue weighted by Gasteiger charge is -2.23. The number of fused-ring (bicyclic) bond motifs is 1. The average Bonchev–Trinajstić information content (AvgIpc) is 2.95. The van der Waals surface area contributed by atoms with Gasteiger partial charge in [-0.15, -0.1) is 0 Å². The summed E-state index contributed by atoms with van der Waals surface area (Å²) in [4.78, 5) is 31.4. The van der Waals surface area contributed by atoms with Crippen molar-refractivity contribution in [3.8, 4) is 0 Å². The quantitative estimate of drug-likeness (QED) is 0.375. The first-order chi connectivity index (χ1) is 15.7. The summed E-state index contributed by atoms with van der Waals surface area (Å²) in [5.74, 6) is -4.68. The van der Waals surface area contributed by atoms with Crippen LogP contribution in [0.25, 0.3) is 0 Å². The lowest BCUT2D eigenvalue weighted by Crippen LogP contribution is -2.39. The number of carboxylic acids is 1. The van der Waals surface area contributed by atoms with E-state index >= 15 is 0 Å². The van der Waals surface area contributed by atoms with Gasteiger partial charge in [-0.2, -0.15) is 0 Å². The predicted octanol–water partition coefficient (Wildman–Crippen LogP) is 2.71. The topological polar surface area (TPSA) is 99.2 Å². The van der Waals surface area contributed by atoms with E-state index in [1.54, 1.807) is 9.80 Å². The second-order valence-electron chi connectivity index (χ2n) is 7.94. The van der Waals surface area contributed by atoms with E-state index in [0.717, 1.165) is 17.3 Å². The summed E-state index contributed by atoms with van der Waals surface area (Å²) in [6.07, 6.45) is 1.24. The second-order valence-corrected chi connectivity index (χ2v) is 7.94. The molecule has 0 aromatic heterocycles. The highest BCUT2D eigenvalue weighted by Crippen LogP contribution is 2.25. The molecule has 0 fully saturated rings. The van der Waals surface area contributed by atoms with Crippen molar-refractivity contribution in [3.63, 3.8) is 0 Å². The van der Waals surface area contributed by atoms with Gasteiger partial charge in [-0.1, -0.05) is 18.2 Å². The van der Waals surface area contributed by atoms with Gasteiger partial charge in [-0.05, 0) is 36.6 Å². The third kappa shape index (κ3) is 6.10. The van der Waals surface area contributed by atoms with Crippen molar-refractivity contribution in [2.75, 3.05) is 18.0 Å². The zero-order valence-electron chi connectivity index (χ0n) is 18.0. The lowest BCUT2D eigenvalue weighted by atomic mass is 10.0. The second kappa shape index (κ2) is 10.5. The maximum Gasteiger partial charge on any atom is 0.328 e. The lowest BCUT2D eigenvalue weighted by molar-refractivity contribution is -0.138. The van der Waals surface area contributed by atoms with Gasteiger partial charge in [0.05, 0.1) is 6.34 Å². The maximum absolute atomic E-state index is 13.9. The van der Waals surface area contributed by atoms with Crippen LogP contribution in [0.1, 0.15) is 24.5 Å². The van der Waals surface area contributed by atoms with Crippen LogP contribution in [0.15, 0.2) is 41.4 Å². The molecule has 2 aromatic carbocycles. The van der Waals surface area contributed by atoms with Crippen LogP contribution >= 0.6 is 0 Å². The van der Waals surface area contributed by atoms with Crippen molar-refractivity contribution in [1.29, 1.82) is 0 Å². The summed E-state index contributed by atoms with van der Waals surface area (Å²) in [6.45, 7) is 2.48. The molecule has 2 aromatic rings. The Labute approximate surface area is 189 Å². The number of carboxylic acid groups (broad SMARTS) is 1. The number of rotatable bonds is 7. The Morgan fingerprint density at radius 1 is 1.15 bits per heavy atom. The number of aliphatic carboxylic acids is 1. The van der Waals surface area contributed by atoms with Crippen molar-refractivity contribution in [3.05, 3.63) is 65.0 Å². The molecule has 0 radical (unpaired) electrons. The Hall–Kier alpha value is -3.40. The van der Waals surface area contributed by atoms with Crippen molar-refractivity contribution in [1.82, 2.24) is 4.90 Å². The molecule has 10 heteroatoms. The van der Waals surface area contributed by atoms with Crippen LogP contribution in [-0.4, -0.2) is 53.4 Å². The maximum atomic E-state index is 13.9. The minimum atomic E-state index is -1.28. The highest BCUT2D eigenvalue weighted by atomic mass is 19.2. The van der Waals surface area contributed by atoms with E-state index in [-0.39, 0.29) is 24.3 Å². The standard InChI is InChI=1S/C23H25F3N4O3/c1-14(23(32)33)28-13-30-7-6-29(12-15-4-2-3-5-21(15)30)22(31)10-17(27)8-16-9-19(25)20(26)11-18(16)24/h2-5,9,11,13-14,17H,6-8,10,12,27H2,1H3,(H,32,33). The molecular formula is C23H25F3N4O3. The SMILES string of the molecule is CC(N=CN1CCN(C(=O)CC(N)Cc2cc(F)c(F)cc2F)Cc2ccccc21)C(=O)O. The molecule has 0 saturated carbocycles. The van der Waals surface area contributed by atoms with Gasteiger partial charge in [-0.3, -0.25) is 9.79 Å². The number of amides is 1. The van der Waals surface area contributed by atoms with E-state index in [0.29, 0.717) is 25.7 Å². The summed E-state index contributed by atoms with van der Waals surface area (Å²) < 4.78 is 40.5. The fraction of sp³-hybridized carbons (Fsp3) is 0.348. The molecule has 3 rings (SSSR count). The summed E-state index contributed by atoms with van der Waals surface area (Å²) >= 11 is 0. The van der Waals surface area contributed by atoms with Crippen molar-refractivity contribution in [2.24, 2.45) is 10.7 Å². The Bertz CT molecular complexity index is 1060. The molecule has 0 aliphatic carbocycles. The largest absolute Gasteiger partial charge is 0.480 e. The Balaban J connectivity index is 1.70. The van der Waals surface area contributed by atoms with Crippen molar-refractivity contribution >= 4 is 23.9 Å². The third-order valence-corrected chi connectivity index (χ3v) is 5.42. The van der Waals surface area contributed by atoms with E-state index in [1.165, 1.54) is 13.3 Å². The molecule has 2 atom stereocenters. The van der Waals surface area contributed by atoms with Gasteiger partial charge >= 0.3 is 5.97 Å². The van der Waals surface area contributed by atoms with Gasteiger partial charge in [0.15, 0.2) is 11.6 Å². The molecular weight excluding hydrogens is 437 g/mol. The van der Waals surface area contributed by atoms with Crippen LogP contribution in [0.5, 0.6) is 0 Å². The molecule has 0 bridgehead atoms. The van der Waals surface area contributed by atoms with Gasteiger partial charge < -0.3 is 20.6 Å². The number of nitrogens with two attached hydrogens (primary N) is 1. The molecule has 1 aliphatic rings. The minimum Gasteiger partial charge on any atom is -0.480 e. The van der Waals surface area contributed by atoms with E-state index in [4.69, 9.17) is 10.8 Å². The fourth-order valence-corrected chi connectivity index (χ4v) is 3.56. The number of hydrogen-bond acceptors (Lipinski definition) is 4. The van der Waals surface area contributed by atoms with Gasteiger partial charge in [0.2, 0.25) is 5.91 Å². The number of halogens is 3. The van der Waals surface area contributed by atoms with Gasteiger partial charge in [0.25, 0.3) is 0 Å². The van der Waals surface area contributed by atoms with Crippen LogP contribution in [0, 0.1) is 17.5 Å². The summed E-state index contributed by atoms with van der Waals surface area (Å²) in [5.41, 5.74) is 7.58. The number of benzene rings is 2. The molecule has 0 spiro atoms. The highest BCUT2D eigenvalue weighted by molar-refractivity contribution is 5.84. The van der Waals surface area contributed by atoms with Crippen LogP contribution < -0.4 is 10.6 Å². The molecule has 0 saturated heterocycles. The number of aliphatic imine (C=N–C) groups is 1. The third-order valence-electron chi connectivity index (χ3n) is 5.42. The highest BCUT2D eigenvalue weighted by Gasteiger charge is 2.24. The van der Waals surface area contributed by atoms with E-state index in [9.17, 15) is 22.8 Å². The van der Waals surface area contributed by atoms with E-state index in [2.05, 4.69) is 4.99 Å². The van der Waals surface area contributed by atoms with E-state index < -0.39 is 35.5 Å². The molecule has 3 N–H and O–H groups in total. The summed E-state index contributed by atoms with van der Waals surface area (Å²) in [7, 11) is 0. The summed E-state index contributed by atoms with van der Waals surface area (Å²) in [5, 5.41) is 9.05. The Morgan fingerprint density at radius 2 is 1.85 bits per heavy atom. The number of anilines is 1. The molecule has 176 valence electrons. The zero-order chi connectivity index (χ0) is 24.1. The van der Waals surface area contributed by atoms with Crippen LogP contribution in [-0.2, 0) is 22.6 Å². The van der Waals surface area contributed by atoms with E-state index in [1.807, 2.05) is 24.3 Å². The van der Waals surface area contributed by atoms with Crippen molar-refractivity contribution < 1.29 is 27.9 Å². The first-order valence-electron chi connectivity index (χ1n) is 10.4.